The van der Waals surface area contributed by atoms with Gasteiger partial charge in [0, 0.05) is 25.2 Å². The molecule has 0 spiro atoms. The monoisotopic (exact) mass is 471 g/mol. The second-order valence-electron chi connectivity index (χ2n) is 7.55. The Morgan fingerprint density at radius 3 is 2.38 bits per heavy atom. The average molecular weight is 472 g/mol. The summed E-state index contributed by atoms with van der Waals surface area (Å²) in [5.74, 6) is -0.407. The largest absolute Gasteiger partial charge is 0.312 e. The van der Waals surface area contributed by atoms with Crippen LogP contribution >= 0.6 is 11.3 Å². The Morgan fingerprint density at radius 2 is 1.78 bits per heavy atom. The SMILES string of the molecule is C=CCn1c(=NC(=O)c2ccc(S(=O)(=O)N(CCC)CCC)cc2)sc2cccc(C)c21. The van der Waals surface area contributed by atoms with Crippen molar-refractivity contribution in [3.8, 4) is 0 Å². The third-order valence-corrected chi connectivity index (χ3v) is 8.05. The van der Waals surface area contributed by atoms with Crippen molar-refractivity contribution in [1.29, 1.82) is 0 Å². The molecule has 0 radical (unpaired) electrons. The first-order valence-electron chi connectivity index (χ1n) is 10.7. The van der Waals surface area contributed by atoms with Crippen LogP contribution in [0.4, 0.5) is 0 Å². The van der Waals surface area contributed by atoms with Crippen molar-refractivity contribution >= 4 is 37.5 Å². The smallest absolute Gasteiger partial charge is 0.279 e. The third-order valence-electron chi connectivity index (χ3n) is 5.10. The zero-order chi connectivity index (χ0) is 23.3. The normalized spacial score (nSPS) is 12.6. The molecule has 3 rings (SSSR count). The molecule has 170 valence electrons. The summed E-state index contributed by atoms with van der Waals surface area (Å²) in [5, 5.41) is 0. The van der Waals surface area contributed by atoms with Gasteiger partial charge in [-0.05, 0) is 55.7 Å². The van der Waals surface area contributed by atoms with Gasteiger partial charge >= 0.3 is 0 Å². The molecule has 0 aliphatic heterocycles. The van der Waals surface area contributed by atoms with E-state index in [0.717, 1.165) is 28.6 Å². The van der Waals surface area contributed by atoms with E-state index in [1.54, 1.807) is 6.08 Å². The second kappa shape index (κ2) is 10.4. The third kappa shape index (κ3) is 4.92. The van der Waals surface area contributed by atoms with Crippen LogP contribution in [-0.2, 0) is 16.6 Å². The van der Waals surface area contributed by atoms with Gasteiger partial charge in [0.2, 0.25) is 10.0 Å². The summed E-state index contributed by atoms with van der Waals surface area (Å²) in [5.41, 5.74) is 2.49. The van der Waals surface area contributed by atoms with Gasteiger partial charge in [-0.2, -0.15) is 9.30 Å². The molecule has 1 aromatic heterocycles. The summed E-state index contributed by atoms with van der Waals surface area (Å²) >= 11 is 1.45. The zero-order valence-electron chi connectivity index (χ0n) is 18.7. The van der Waals surface area contributed by atoms with Crippen LogP contribution < -0.4 is 4.80 Å². The van der Waals surface area contributed by atoms with Crippen molar-refractivity contribution in [2.45, 2.75) is 45.1 Å². The van der Waals surface area contributed by atoms with Crippen molar-refractivity contribution in [1.82, 2.24) is 8.87 Å². The molecule has 8 heteroatoms. The molecule has 0 saturated heterocycles. The number of para-hydroxylation sites is 1. The summed E-state index contributed by atoms with van der Waals surface area (Å²) in [6, 6.07) is 12.1. The van der Waals surface area contributed by atoms with E-state index >= 15 is 0 Å². The second-order valence-corrected chi connectivity index (χ2v) is 10.5. The van der Waals surface area contributed by atoms with E-state index in [-0.39, 0.29) is 4.90 Å². The topological polar surface area (TPSA) is 71.7 Å². The Hall–Kier alpha value is -2.55. The van der Waals surface area contributed by atoms with Crippen LogP contribution in [0.5, 0.6) is 0 Å². The van der Waals surface area contributed by atoms with Crippen LogP contribution in [-0.4, -0.2) is 36.3 Å². The van der Waals surface area contributed by atoms with Crippen molar-refractivity contribution in [2.24, 2.45) is 4.99 Å². The van der Waals surface area contributed by atoms with E-state index in [1.165, 1.54) is 39.9 Å². The van der Waals surface area contributed by atoms with Gasteiger partial charge in [-0.3, -0.25) is 4.79 Å². The molecule has 32 heavy (non-hydrogen) atoms. The molecule has 0 bridgehead atoms. The maximum Gasteiger partial charge on any atom is 0.279 e. The Kier molecular flexibility index (Phi) is 7.82. The molecule has 0 unspecified atom stereocenters. The van der Waals surface area contributed by atoms with Gasteiger partial charge in [-0.15, -0.1) is 6.58 Å². The quantitative estimate of drug-likeness (QED) is 0.423. The number of fused-ring (bicyclic) bond motifs is 1. The maximum absolute atomic E-state index is 12.9. The van der Waals surface area contributed by atoms with Crippen LogP contribution in [0.15, 0.2) is 65.0 Å². The van der Waals surface area contributed by atoms with E-state index in [0.29, 0.717) is 30.0 Å². The minimum atomic E-state index is -3.58. The molecule has 0 atom stereocenters. The molecule has 0 aliphatic rings. The Bertz CT molecular complexity index is 1280. The number of carbonyl (C=O) groups is 1. The van der Waals surface area contributed by atoms with Gasteiger partial charge in [-0.1, -0.05) is 43.4 Å². The zero-order valence-corrected chi connectivity index (χ0v) is 20.4. The van der Waals surface area contributed by atoms with Crippen LogP contribution in [0.3, 0.4) is 0 Å². The number of nitrogens with zero attached hydrogens (tertiary/aromatic N) is 3. The Labute approximate surface area is 193 Å². The number of rotatable bonds is 9. The highest BCUT2D eigenvalue weighted by molar-refractivity contribution is 7.89. The van der Waals surface area contributed by atoms with Gasteiger partial charge in [-0.25, -0.2) is 8.42 Å². The van der Waals surface area contributed by atoms with Crippen molar-refractivity contribution in [2.75, 3.05) is 13.1 Å². The first-order valence-corrected chi connectivity index (χ1v) is 13.0. The van der Waals surface area contributed by atoms with Crippen molar-refractivity contribution in [3.63, 3.8) is 0 Å². The minimum absolute atomic E-state index is 0.190. The van der Waals surface area contributed by atoms with Crippen molar-refractivity contribution < 1.29 is 13.2 Å². The molecule has 6 nitrogen and oxygen atoms in total. The number of allylic oxidation sites excluding steroid dienone is 1. The highest BCUT2D eigenvalue weighted by atomic mass is 32.2. The number of carbonyl (C=O) groups excluding carboxylic acids is 1. The van der Waals surface area contributed by atoms with Gasteiger partial charge < -0.3 is 4.57 Å². The maximum atomic E-state index is 12.9. The molecule has 0 saturated carbocycles. The predicted octanol–water partition coefficient (Wildman–Crippen LogP) is 4.75. The molecule has 0 fully saturated rings. The highest BCUT2D eigenvalue weighted by Gasteiger charge is 2.23. The lowest BCUT2D eigenvalue weighted by Crippen LogP contribution is -2.32. The number of amides is 1. The number of hydrogen-bond acceptors (Lipinski definition) is 4. The van der Waals surface area contributed by atoms with Gasteiger partial charge in [0.05, 0.1) is 15.1 Å². The predicted molar refractivity (Wildman–Crippen MR) is 130 cm³/mol. The highest BCUT2D eigenvalue weighted by Crippen LogP contribution is 2.21. The van der Waals surface area contributed by atoms with E-state index in [1.807, 2.05) is 43.5 Å². The number of thiazole rings is 1. The van der Waals surface area contributed by atoms with Gasteiger partial charge in [0.1, 0.15) is 0 Å². The molecule has 0 N–H and O–H groups in total. The molecule has 1 amide bonds. The lowest BCUT2D eigenvalue weighted by Gasteiger charge is -2.21. The van der Waals surface area contributed by atoms with E-state index < -0.39 is 15.9 Å². The molecule has 1 heterocycles. The molecule has 0 aliphatic carbocycles. The van der Waals surface area contributed by atoms with E-state index in [2.05, 4.69) is 11.6 Å². The summed E-state index contributed by atoms with van der Waals surface area (Å²) < 4.78 is 30.4. The van der Waals surface area contributed by atoms with Crippen molar-refractivity contribution in [3.05, 3.63) is 71.0 Å². The molecule has 3 aromatic rings. The van der Waals surface area contributed by atoms with Gasteiger partial charge in [0.15, 0.2) is 4.80 Å². The van der Waals surface area contributed by atoms with Crippen LogP contribution in [0.2, 0.25) is 0 Å². The Morgan fingerprint density at radius 1 is 1.12 bits per heavy atom. The first-order chi connectivity index (χ1) is 15.3. The van der Waals surface area contributed by atoms with E-state index in [4.69, 9.17) is 0 Å². The first kappa shape index (κ1) is 24.1. The van der Waals surface area contributed by atoms with Crippen LogP contribution in [0.25, 0.3) is 10.2 Å². The van der Waals surface area contributed by atoms with Crippen LogP contribution in [0, 0.1) is 6.92 Å². The summed E-state index contributed by atoms with van der Waals surface area (Å²) in [4.78, 5) is 18.0. The minimum Gasteiger partial charge on any atom is -0.312 e. The number of benzene rings is 2. The summed E-state index contributed by atoms with van der Waals surface area (Å²) in [6.45, 7) is 11.2. The number of hydrogen-bond donors (Lipinski definition) is 0. The fourth-order valence-corrected chi connectivity index (χ4v) is 6.35. The van der Waals surface area contributed by atoms with Crippen LogP contribution in [0.1, 0.15) is 42.6 Å². The Balaban J connectivity index is 1.96. The number of aromatic nitrogens is 1. The fraction of sp³-hybridized carbons (Fsp3) is 0.333. The number of aryl methyl sites for hydroxylation is 1. The van der Waals surface area contributed by atoms with E-state index in [9.17, 15) is 13.2 Å². The lowest BCUT2D eigenvalue weighted by molar-refractivity contribution is 0.0997. The summed E-state index contributed by atoms with van der Waals surface area (Å²) in [6.07, 6.45) is 3.27. The summed E-state index contributed by atoms with van der Waals surface area (Å²) in [7, 11) is -3.58. The van der Waals surface area contributed by atoms with Gasteiger partial charge in [0.25, 0.3) is 5.91 Å². The molecule has 2 aromatic carbocycles. The molecular weight excluding hydrogens is 442 g/mol. The standard InChI is InChI=1S/C24H29N3O3S2/c1-5-15-26(16-6-2)32(29,30)20-13-11-19(12-14-20)23(28)25-24-27(17-7-3)22-18(4)9-8-10-21(22)31-24/h7-14H,3,5-6,15-17H2,1-2,4H3. The number of sulfonamides is 1. The average Bonchev–Trinajstić information content (AvgIpc) is 3.12. The fourth-order valence-electron chi connectivity index (χ4n) is 3.61. The lowest BCUT2D eigenvalue weighted by atomic mass is 10.2. The molecular formula is C24H29N3O3S2.